The van der Waals surface area contributed by atoms with Crippen LogP contribution in [0.3, 0.4) is 0 Å². The molecule has 0 fully saturated rings. The van der Waals surface area contributed by atoms with Gasteiger partial charge in [-0.2, -0.15) is 15.1 Å². The van der Waals surface area contributed by atoms with Crippen molar-refractivity contribution >= 4 is 10.9 Å². The van der Waals surface area contributed by atoms with E-state index in [0.29, 0.717) is 11.6 Å². The number of aromatic amines is 1. The third-order valence-electron chi connectivity index (χ3n) is 3.20. The van der Waals surface area contributed by atoms with Crippen molar-refractivity contribution in [1.82, 2.24) is 25.1 Å². The lowest BCUT2D eigenvalue weighted by molar-refractivity contribution is 0.441. The second kappa shape index (κ2) is 5.25. The highest BCUT2D eigenvalue weighted by atomic mass is 16.5. The SMILES string of the molecule is c1ccc(-c2ncnc(Oc3ccc4cn[nH]c4c3)n2)cc1. The van der Waals surface area contributed by atoms with Crippen LogP contribution in [-0.2, 0) is 0 Å². The largest absolute Gasteiger partial charge is 0.424 e. The fourth-order valence-corrected chi connectivity index (χ4v) is 2.14. The second-order valence-electron chi connectivity index (χ2n) is 4.68. The average Bonchev–Trinajstić information content (AvgIpc) is 3.04. The van der Waals surface area contributed by atoms with Crippen LogP contribution in [0.5, 0.6) is 11.8 Å². The van der Waals surface area contributed by atoms with Gasteiger partial charge >= 0.3 is 6.01 Å². The highest BCUT2D eigenvalue weighted by Gasteiger charge is 2.06. The Morgan fingerprint density at radius 2 is 1.86 bits per heavy atom. The molecule has 0 atom stereocenters. The molecule has 4 aromatic rings. The molecule has 0 bridgehead atoms. The van der Waals surface area contributed by atoms with Crippen molar-refractivity contribution in [2.45, 2.75) is 0 Å². The monoisotopic (exact) mass is 289 g/mol. The van der Waals surface area contributed by atoms with Crippen LogP contribution in [0.1, 0.15) is 0 Å². The number of H-pyrrole nitrogens is 1. The Labute approximate surface area is 125 Å². The molecule has 0 aliphatic carbocycles. The van der Waals surface area contributed by atoms with E-state index < -0.39 is 0 Å². The highest BCUT2D eigenvalue weighted by molar-refractivity contribution is 5.79. The van der Waals surface area contributed by atoms with Crippen molar-refractivity contribution in [1.29, 1.82) is 0 Å². The lowest BCUT2D eigenvalue weighted by Crippen LogP contribution is -1.96. The van der Waals surface area contributed by atoms with E-state index in [4.69, 9.17) is 4.74 Å². The van der Waals surface area contributed by atoms with Gasteiger partial charge < -0.3 is 4.74 Å². The normalized spacial score (nSPS) is 10.7. The fraction of sp³-hybridized carbons (Fsp3) is 0. The number of fused-ring (bicyclic) bond motifs is 1. The first kappa shape index (κ1) is 12.5. The van der Waals surface area contributed by atoms with Gasteiger partial charge in [-0.15, -0.1) is 0 Å². The Balaban J connectivity index is 1.65. The van der Waals surface area contributed by atoms with Gasteiger partial charge in [0.05, 0.1) is 11.7 Å². The van der Waals surface area contributed by atoms with Crippen molar-refractivity contribution in [3.05, 3.63) is 61.1 Å². The summed E-state index contributed by atoms with van der Waals surface area (Å²) in [6.07, 6.45) is 3.20. The number of hydrogen-bond acceptors (Lipinski definition) is 5. The second-order valence-corrected chi connectivity index (χ2v) is 4.68. The van der Waals surface area contributed by atoms with Crippen LogP contribution < -0.4 is 4.74 Å². The van der Waals surface area contributed by atoms with Crippen molar-refractivity contribution in [2.75, 3.05) is 0 Å². The van der Waals surface area contributed by atoms with Gasteiger partial charge in [0.1, 0.15) is 12.1 Å². The van der Waals surface area contributed by atoms with Crippen molar-refractivity contribution in [2.24, 2.45) is 0 Å². The van der Waals surface area contributed by atoms with Crippen LogP contribution in [0.25, 0.3) is 22.3 Å². The minimum absolute atomic E-state index is 0.257. The zero-order chi connectivity index (χ0) is 14.8. The summed E-state index contributed by atoms with van der Waals surface area (Å²) in [7, 11) is 0. The Morgan fingerprint density at radius 1 is 0.955 bits per heavy atom. The van der Waals surface area contributed by atoms with Gasteiger partial charge in [0, 0.05) is 17.0 Å². The predicted octanol–water partition coefficient (Wildman–Crippen LogP) is 3.21. The zero-order valence-corrected chi connectivity index (χ0v) is 11.5. The van der Waals surface area contributed by atoms with Gasteiger partial charge in [-0.05, 0) is 12.1 Å². The van der Waals surface area contributed by atoms with Gasteiger partial charge in [-0.25, -0.2) is 4.98 Å². The molecule has 22 heavy (non-hydrogen) atoms. The van der Waals surface area contributed by atoms with Gasteiger partial charge in [-0.3, -0.25) is 5.10 Å². The molecule has 2 heterocycles. The van der Waals surface area contributed by atoms with Crippen LogP contribution >= 0.6 is 0 Å². The average molecular weight is 289 g/mol. The maximum Gasteiger partial charge on any atom is 0.325 e. The Kier molecular flexibility index (Phi) is 2.97. The first-order valence-corrected chi connectivity index (χ1v) is 6.74. The molecular formula is C16H11N5O. The van der Waals surface area contributed by atoms with E-state index in [9.17, 15) is 0 Å². The van der Waals surface area contributed by atoms with E-state index in [1.165, 1.54) is 6.33 Å². The minimum Gasteiger partial charge on any atom is -0.424 e. The fourth-order valence-electron chi connectivity index (χ4n) is 2.14. The summed E-state index contributed by atoms with van der Waals surface area (Å²) >= 11 is 0. The number of hydrogen-bond donors (Lipinski definition) is 1. The zero-order valence-electron chi connectivity index (χ0n) is 11.5. The summed E-state index contributed by atoms with van der Waals surface area (Å²) in [5.74, 6) is 1.22. The highest BCUT2D eigenvalue weighted by Crippen LogP contribution is 2.23. The molecule has 0 aliphatic heterocycles. The standard InChI is InChI=1S/C16H11N5O/c1-2-4-11(5-3-1)15-17-10-18-16(20-15)22-13-7-6-12-9-19-21-14(12)8-13/h1-10H,(H,19,21). The first-order valence-electron chi connectivity index (χ1n) is 6.74. The molecule has 4 rings (SSSR count). The third-order valence-corrected chi connectivity index (χ3v) is 3.20. The molecule has 106 valence electrons. The molecule has 0 saturated heterocycles. The third kappa shape index (κ3) is 2.37. The predicted molar refractivity (Wildman–Crippen MR) is 81.4 cm³/mol. The van der Waals surface area contributed by atoms with Crippen LogP contribution in [0, 0.1) is 0 Å². The number of nitrogens with one attached hydrogen (secondary N) is 1. The number of benzene rings is 2. The molecule has 1 N–H and O–H groups in total. The number of rotatable bonds is 3. The molecule has 2 aromatic heterocycles. The van der Waals surface area contributed by atoms with Crippen LogP contribution in [-0.4, -0.2) is 25.1 Å². The van der Waals surface area contributed by atoms with E-state index in [0.717, 1.165) is 16.5 Å². The lowest BCUT2D eigenvalue weighted by atomic mass is 10.2. The van der Waals surface area contributed by atoms with E-state index in [-0.39, 0.29) is 6.01 Å². The van der Waals surface area contributed by atoms with Crippen LogP contribution in [0.4, 0.5) is 0 Å². The summed E-state index contributed by atoms with van der Waals surface area (Å²) < 4.78 is 5.71. The summed E-state index contributed by atoms with van der Waals surface area (Å²) in [6.45, 7) is 0. The summed E-state index contributed by atoms with van der Waals surface area (Å²) in [4.78, 5) is 12.6. The van der Waals surface area contributed by atoms with Crippen LogP contribution in [0.15, 0.2) is 61.1 Å². The summed E-state index contributed by atoms with van der Waals surface area (Å²) in [6, 6.07) is 15.6. The number of ether oxygens (including phenoxy) is 1. The maximum atomic E-state index is 5.71. The Hall–Kier alpha value is -3.28. The van der Waals surface area contributed by atoms with Gasteiger partial charge in [0.25, 0.3) is 0 Å². The molecule has 0 radical (unpaired) electrons. The van der Waals surface area contributed by atoms with Gasteiger partial charge in [-0.1, -0.05) is 30.3 Å². The quantitative estimate of drug-likeness (QED) is 0.626. The Morgan fingerprint density at radius 3 is 2.77 bits per heavy atom. The molecule has 0 unspecified atom stereocenters. The van der Waals surface area contributed by atoms with Crippen molar-refractivity contribution in [3.8, 4) is 23.1 Å². The molecule has 0 spiro atoms. The number of nitrogens with zero attached hydrogens (tertiary/aromatic N) is 4. The molecule has 0 aliphatic rings. The van der Waals surface area contributed by atoms with E-state index in [1.54, 1.807) is 6.20 Å². The minimum atomic E-state index is 0.257. The maximum absolute atomic E-state index is 5.71. The molecule has 2 aromatic carbocycles. The molecule has 0 saturated carbocycles. The van der Waals surface area contributed by atoms with E-state index in [1.807, 2.05) is 48.5 Å². The van der Waals surface area contributed by atoms with Crippen molar-refractivity contribution < 1.29 is 4.74 Å². The van der Waals surface area contributed by atoms with E-state index in [2.05, 4.69) is 25.1 Å². The topological polar surface area (TPSA) is 76.6 Å². The van der Waals surface area contributed by atoms with E-state index >= 15 is 0 Å². The summed E-state index contributed by atoms with van der Waals surface area (Å²) in [5, 5.41) is 7.90. The number of aromatic nitrogens is 5. The smallest absolute Gasteiger partial charge is 0.325 e. The molecule has 0 amide bonds. The van der Waals surface area contributed by atoms with Gasteiger partial charge in [0.15, 0.2) is 5.82 Å². The first-order chi connectivity index (χ1) is 10.9. The Bertz CT molecular complexity index is 920. The molecule has 6 heteroatoms. The molecular weight excluding hydrogens is 278 g/mol. The van der Waals surface area contributed by atoms with Gasteiger partial charge in [0.2, 0.25) is 0 Å². The lowest BCUT2D eigenvalue weighted by Gasteiger charge is -2.05. The van der Waals surface area contributed by atoms with Crippen LogP contribution in [0.2, 0.25) is 0 Å². The van der Waals surface area contributed by atoms with Crippen molar-refractivity contribution in [3.63, 3.8) is 0 Å². The molecule has 6 nitrogen and oxygen atoms in total. The summed E-state index contributed by atoms with van der Waals surface area (Å²) in [5.41, 5.74) is 1.81.